The van der Waals surface area contributed by atoms with Gasteiger partial charge < -0.3 is 15.5 Å². The van der Waals surface area contributed by atoms with E-state index in [0.717, 1.165) is 26.2 Å². The molecule has 0 fully saturated rings. The van der Waals surface area contributed by atoms with Gasteiger partial charge in [0.05, 0.1) is 6.54 Å². The fraction of sp³-hybridized carbons (Fsp3) is 0.667. The van der Waals surface area contributed by atoms with Crippen LogP contribution in [0.4, 0.5) is 0 Å². The second-order valence-corrected chi connectivity index (χ2v) is 6.04. The number of likely N-dealkylation sites (N-methyl/N-ethyl adjacent to an activating group) is 1. The Hall–Kier alpha value is -0.910. The molecule has 0 aliphatic heterocycles. The Labute approximate surface area is 126 Å². The molecule has 2 N–H and O–H groups in total. The highest BCUT2D eigenvalue weighted by Crippen LogP contribution is 2.14. The summed E-state index contributed by atoms with van der Waals surface area (Å²) < 4.78 is 0. The first-order valence-electron chi connectivity index (χ1n) is 7.35. The van der Waals surface area contributed by atoms with Gasteiger partial charge in [-0.25, -0.2) is 0 Å². The maximum Gasteiger partial charge on any atom is 0.227 e. The van der Waals surface area contributed by atoms with Crippen LogP contribution in [-0.2, 0) is 11.3 Å². The maximum atomic E-state index is 12.4. The van der Waals surface area contributed by atoms with Gasteiger partial charge in [0.2, 0.25) is 5.91 Å². The molecule has 1 amide bonds. The van der Waals surface area contributed by atoms with Crippen molar-refractivity contribution < 1.29 is 4.79 Å². The Morgan fingerprint density at radius 1 is 1.35 bits per heavy atom. The molecule has 0 radical (unpaired) electrons. The second kappa shape index (κ2) is 9.10. The second-order valence-electron chi connectivity index (χ2n) is 5.00. The predicted molar refractivity (Wildman–Crippen MR) is 85.7 cm³/mol. The van der Waals surface area contributed by atoms with Crippen LogP contribution in [0.3, 0.4) is 0 Å². The van der Waals surface area contributed by atoms with Gasteiger partial charge in [-0.3, -0.25) is 4.79 Å². The van der Waals surface area contributed by atoms with Crippen molar-refractivity contribution in [2.24, 2.45) is 11.7 Å². The van der Waals surface area contributed by atoms with E-state index in [-0.39, 0.29) is 11.8 Å². The van der Waals surface area contributed by atoms with Crippen LogP contribution in [0.2, 0.25) is 0 Å². The Morgan fingerprint density at radius 2 is 2.05 bits per heavy atom. The van der Waals surface area contributed by atoms with Gasteiger partial charge in [0.1, 0.15) is 0 Å². The van der Waals surface area contributed by atoms with Crippen LogP contribution in [0.15, 0.2) is 17.5 Å². The Morgan fingerprint density at radius 3 is 2.55 bits per heavy atom. The minimum atomic E-state index is -0.105. The number of rotatable bonds is 9. The van der Waals surface area contributed by atoms with Crippen molar-refractivity contribution in [1.29, 1.82) is 0 Å². The molecule has 0 saturated carbocycles. The van der Waals surface area contributed by atoms with E-state index in [1.54, 1.807) is 11.3 Å². The zero-order valence-electron chi connectivity index (χ0n) is 12.8. The number of thiophene rings is 1. The molecule has 1 aromatic heterocycles. The Bertz CT molecular complexity index is 376. The summed E-state index contributed by atoms with van der Waals surface area (Å²) in [6.45, 7) is 11.0. The standard InChI is InChI=1S/C15H27N3OS/c1-4-17(5-2)8-9-18(15(19)13(3)11-16)12-14-7-6-10-20-14/h6-7,10,13H,4-5,8-9,11-12,16H2,1-3H3. The van der Waals surface area contributed by atoms with Gasteiger partial charge in [0.15, 0.2) is 0 Å². The molecule has 0 aliphatic rings. The third kappa shape index (κ3) is 5.23. The molecule has 1 rings (SSSR count). The van der Waals surface area contributed by atoms with Gasteiger partial charge >= 0.3 is 0 Å². The molecule has 0 aliphatic carbocycles. The van der Waals surface area contributed by atoms with Crippen LogP contribution < -0.4 is 5.73 Å². The molecule has 114 valence electrons. The smallest absolute Gasteiger partial charge is 0.227 e. The molecule has 1 aromatic rings. The first-order valence-corrected chi connectivity index (χ1v) is 8.23. The highest BCUT2D eigenvalue weighted by atomic mass is 32.1. The molecular formula is C15H27N3OS. The minimum Gasteiger partial charge on any atom is -0.336 e. The van der Waals surface area contributed by atoms with Crippen LogP contribution in [0.5, 0.6) is 0 Å². The maximum absolute atomic E-state index is 12.4. The summed E-state index contributed by atoms with van der Waals surface area (Å²) in [4.78, 5) is 17.9. The summed E-state index contributed by atoms with van der Waals surface area (Å²) in [6, 6.07) is 4.11. The number of carbonyl (C=O) groups excluding carboxylic acids is 1. The van der Waals surface area contributed by atoms with Crippen LogP contribution in [0.25, 0.3) is 0 Å². The lowest BCUT2D eigenvalue weighted by Crippen LogP contribution is -2.42. The molecule has 0 spiro atoms. The molecule has 4 nitrogen and oxygen atoms in total. The summed E-state index contributed by atoms with van der Waals surface area (Å²) in [6.07, 6.45) is 0. The highest BCUT2D eigenvalue weighted by Gasteiger charge is 2.20. The van der Waals surface area contributed by atoms with Gasteiger partial charge in [-0.1, -0.05) is 26.8 Å². The Balaban J connectivity index is 2.65. The average molecular weight is 297 g/mol. The van der Waals surface area contributed by atoms with E-state index in [4.69, 9.17) is 5.73 Å². The van der Waals surface area contributed by atoms with E-state index in [1.165, 1.54) is 4.88 Å². The topological polar surface area (TPSA) is 49.6 Å². The van der Waals surface area contributed by atoms with Gasteiger partial charge in [0, 0.05) is 30.4 Å². The molecule has 5 heteroatoms. The van der Waals surface area contributed by atoms with E-state index in [2.05, 4.69) is 30.2 Å². The number of hydrogen-bond donors (Lipinski definition) is 1. The van der Waals surface area contributed by atoms with Crippen molar-refractivity contribution in [2.45, 2.75) is 27.3 Å². The number of nitrogens with two attached hydrogens (primary N) is 1. The monoisotopic (exact) mass is 297 g/mol. The molecular weight excluding hydrogens is 270 g/mol. The molecule has 1 unspecified atom stereocenters. The van der Waals surface area contributed by atoms with Crippen molar-refractivity contribution in [3.05, 3.63) is 22.4 Å². The van der Waals surface area contributed by atoms with Crippen LogP contribution in [0.1, 0.15) is 25.6 Å². The summed E-state index contributed by atoms with van der Waals surface area (Å²) in [5.41, 5.74) is 5.64. The first kappa shape index (κ1) is 17.1. The van der Waals surface area contributed by atoms with Crippen molar-refractivity contribution in [1.82, 2.24) is 9.80 Å². The first-order chi connectivity index (χ1) is 9.62. The Kier molecular flexibility index (Phi) is 7.80. The lowest BCUT2D eigenvalue weighted by atomic mass is 10.1. The molecule has 0 aromatic carbocycles. The molecule has 0 saturated heterocycles. The van der Waals surface area contributed by atoms with E-state index in [0.29, 0.717) is 13.1 Å². The number of nitrogens with zero attached hydrogens (tertiary/aromatic N) is 2. The molecule has 0 bridgehead atoms. The lowest BCUT2D eigenvalue weighted by Gasteiger charge is -2.28. The summed E-state index contributed by atoms with van der Waals surface area (Å²) in [5, 5.41) is 2.05. The molecule has 20 heavy (non-hydrogen) atoms. The zero-order chi connectivity index (χ0) is 15.0. The third-order valence-electron chi connectivity index (χ3n) is 3.59. The fourth-order valence-corrected chi connectivity index (χ4v) is 2.79. The van der Waals surface area contributed by atoms with E-state index in [9.17, 15) is 4.79 Å². The third-order valence-corrected chi connectivity index (χ3v) is 4.46. The van der Waals surface area contributed by atoms with Crippen LogP contribution in [0, 0.1) is 5.92 Å². The van der Waals surface area contributed by atoms with Gasteiger partial charge in [0.25, 0.3) is 0 Å². The zero-order valence-corrected chi connectivity index (χ0v) is 13.7. The highest BCUT2D eigenvalue weighted by molar-refractivity contribution is 7.09. The average Bonchev–Trinajstić information content (AvgIpc) is 2.98. The lowest BCUT2D eigenvalue weighted by molar-refractivity contribution is -0.135. The summed E-state index contributed by atoms with van der Waals surface area (Å²) in [7, 11) is 0. The molecule has 1 heterocycles. The summed E-state index contributed by atoms with van der Waals surface area (Å²) in [5.74, 6) is 0.0553. The fourth-order valence-electron chi connectivity index (χ4n) is 2.07. The van der Waals surface area contributed by atoms with E-state index < -0.39 is 0 Å². The van der Waals surface area contributed by atoms with Crippen molar-refractivity contribution in [2.75, 3.05) is 32.7 Å². The van der Waals surface area contributed by atoms with Gasteiger partial charge in [-0.05, 0) is 24.5 Å². The van der Waals surface area contributed by atoms with Crippen molar-refractivity contribution in [3.8, 4) is 0 Å². The summed E-state index contributed by atoms with van der Waals surface area (Å²) >= 11 is 1.69. The van der Waals surface area contributed by atoms with E-state index >= 15 is 0 Å². The number of amides is 1. The quantitative estimate of drug-likeness (QED) is 0.758. The minimum absolute atomic E-state index is 0.105. The largest absolute Gasteiger partial charge is 0.336 e. The van der Waals surface area contributed by atoms with Crippen molar-refractivity contribution in [3.63, 3.8) is 0 Å². The number of carbonyl (C=O) groups is 1. The molecule has 1 atom stereocenters. The van der Waals surface area contributed by atoms with E-state index in [1.807, 2.05) is 17.9 Å². The predicted octanol–water partition coefficient (Wildman–Crippen LogP) is 2.01. The normalized spacial score (nSPS) is 12.7. The van der Waals surface area contributed by atoms with Gasteiger partial charge in [-0.2, -0.15) is 0 Å². The van der Waals surface area contributed by atoms with Gasteiger partial charge in [-0.15, -0.1) is 11.3 Å². The van der Waals surface area contributed by atoms with Crippen LogP contribution >= 0.6 is 11.3 Å². The SMILES string of the molecule is CCN(CC)CCN(Cc1cccs1)C(=O)C(C)CN. The number of hydrogen-bond acceptors (Lipinski definition) is 4. The van der Waals surface area contributed by atoms with Crippen LogP contribution in [-0.4, -0.2) is 48.4 Å². The van der Waals surface area contributed by atoms with Crippen molar-refractivity contribution >= 4 is 17.2 Å².